The van der Waals surface area contributed by atoms with Crippen LogP contribution in [0.5, 0.6) is 0 Å². The van der Waals surface area contributed by atoms with Crippen LogP contribution in [-0.4, -0.2) is 21.5 Å². The molecule has 0 saturated heterocycles. The highest BCUT2D eigenvalue weighted by atomic mass is 79.9. The zero-order chi connectivity index (χ0) is 10.8. The molecule has 1 fully saturated rings. The normalized spacial score (nSPS) is 18.1. The van der Waals surface area contributed by atoms with Gasteiger partial charge in [0.05, 0.1) is 11.7 Å². The van der Waals surface area contributed by atoms with Crippen LogP contribution in [0.25, 0.3) is 0 Å². The maximum Gasteiger partial charge on any atom is 0.153 e. The number of halogens is 1. The highest BCUT2D eigenvalue weighted by Gasteiger charge is 2.35. The van der Waals surface area contributed by atoms with Gasteiger partial charge >= 0.3 is 0 Å². The van der Waals surface area contributed by atoms with Gasteiger partial charge in [0, 0.05) is 7.05 Å². The zero-order valence-electron chi connectivity index (χ0n) is 9.20. The number of hydrogen-bond donors (Lipinski definition) is 1. The van der Waals surface area contributed by atoms with Crippen LogP contribution in [0, 0.1) is 5.92 Å². The van der Waals surface area contributed by atoms with Gasteiger partial charge in [0.1, 0.15) is 0 Å². The molecule has 0 radical (unpaired) electrons. The largest absolute Gasteiger partial charge is 0.308 e. The predicted molar refractivity (Wildman–Crippen MR) is 62.5 cm³/mol. The van der Waals surface area contributed by atoms with Crippen molar-refractivity contribution in [1.82, 2.24) is 20.3 Å². The molecule has 1 aromatic rings. The molecule has 0 spiro atoms. The molecule has 0 aromatic carbocycles. The third-order valence-corrected chi connectivity index (χ3v) is 3.39. The minimum absolute atomic E-state index is 0.416. The third kappa shape index (κ3) is 2.39. The molecule has 1 atom stereocenters. The van der Waals surface area contributed by atoms with Gasteiger partial charge in [0.15, 0.2) is 4.60 Å². The Kier molecular flexibility index (Phi) is 3.41. The first-order valence-electron chi connectivity index (χ1n) is 5.52. The predicted octanol–water partition coefficient (Wildman–Crippen LogP) is 2.03. The molecule has 15 heavy (non-hydrogen) atoms. The van der Waals surface area contributed by atoms with Crippen molar-refractivity contribution < 1.29 is 0 Å². The van der Waals surface area contributed by atoms with Crippen molar-refractivity contribution in [3.8, 4) is 0 Å². The quantitative estimate of drug-likeness (QED) is 0.892. The summed E-state index contributed by atoms with van der Waals surface area (Å²) in [6.45, 7) is 3.24. The van der Waals surface area contributed by atoms with Crippen molar-refractivity contribution in [2.75, 3.05) is 6.54 Å². The van der Waals surface area contributed by atoms with Crippen LogP contribution in [0.3, 0.4) is 0 Å². The summed E-state index contributed by atoms with van der Waals surface area (Å²) < 4.78 is 2.75. The van der Waals surface area contributed by atoms with Gasteiger partial charge in [-0.25, -0.2) is 4.68 Å². The zero-order valence-corrected chi connectivity index (χ0v) is 10.8. The van der Waals surface area contributed by atoms with Crippen LogP contribution in [0.2, 0.25) is 0 Å². The molecule has 84 valence electrons. The van der Waals surface area contributed by atoms with E-state index in [1.54, 1.807) is 0 Å². The monoisotopic (exact) mass is 272 g/mol. The standard InChI is InChI=1S/C10H17BrN4/c1-3-6-12-8(7-4-5-7)9-10(11)13-14-15(9)2/h7-8,12H,3-6H2,1-2H3. The number of nitrogens with zero attached hydrogens (tertiary/aromatic N) is 3. The molecule has 1 aliphatic carbocycles. The third-order valence-electron chi connectivity index (χ3n) is 2.83. The molecule has 0 bridgehead atoms. The summed E-state index contributed by atoms with van der Waals surface area (Å²) in [6.07, 6.45) is 3.80. The Bertz CT molecular complexity index is 313. The van der Waals surface area contributed by atoms with E-state index in [-0.39, 0.29) is 0 Å². The number of nitrogens with one attached hydrogen (secondary N) is 1. The van der Waals surface area contributed by atoms with E-state index in [0.29, 0.717) is 6.04 Å². The summed E-state index contributed by atoms with van der Waals surface area (Å²) >= 11 is 3.47. The van der Waals surface area contributed by atoms with E-state index in [9.17, 15) is 0 Å². The van der Waals surface area contributed by atoms with Crippen LogP contribution in [0.1, 0.15) is 37.9 Å². The Labute approximate surface area is 98.6 Å². The molecular formula is C10H17BrN4. The fourth-order valence-corrected chi connectivity index (χ4v) is 2.46. The van der Waals surface area contributed by atoms with Gasteiger partial charge in [-0.3, -0.25) is 0 Å². The minimum Gasteiger partial charge on any atom is -0.308 e. The fraction of sp³-hybridized carbons (Fsp3) is 0.800. The first kappa shape index (κ1) is 11.1. The number of rotatable bonds is 5. The number of aryl methyl sites for hydroxylation is 1. The summed E-state index contributed by atoms with van der Waals surface area (Å²) in [5.74, 6) is 0.769. The molecule has 2 rings (SSSR count). The first-order chi connectivity index (χ1) is 7.24. The van der Waals surface area contributed by atoms with E-state index >= 15 is 0 Å². The second-order valence-electron chi connectivity index (χ2n) is 4.16. The van der Waals surface area contributed by atoms with Crippen LogP contribution in [0.15, 0.2) is 4.60 Å². The summed E-state index contributed by atoms with van der Waals surface area (Å²) in [4.78, 5) is 0. The van der Waals surface area contributed by atoms with Gasteiger partial charge in [-0.15, -0.1) is 5.10 Å². The van der Waals surface area contributed by atoms with Crippen molar-refractivity contribution in [2.45, 2.75) is 32.2 Å². The lowest BCUT2D eigenvalue weighted by molar-refractivity contribution is 0.449. The minimum atomic E-state index is 0.416. The summed E-state index contributed by atoms with van der Waals surface area (Å²) in [5, 5.41) is 11.7. The molecule has 1 unspecified atom stereocenters. The first-order valence-corrected chi connectivity index (χ1v) is 6.31. The van der Waals surface area contributed by atoms with Gasteiger partial charge in [0.2, 0.25) is 0 Å². The van der Waals surface area contributed by atoms with Crippen LogP contribution in [-0.2, 0) is 7.05 Å². The van der Waals surface area contributed by atoms with Gasteiger partial charge < -0.3 is 5.32 Å². The molecule has 1 heterocycles. The Hall–Kier alpha value is -0.420. The topological polar surface area (TPSA) is 42.7 Å². The molecule has 0 amide bonds. The highest BCUT2D eigenvalue weighted by Crippen LogP contribution is 2.42. The SMILES string of the molecule is CCCNC(c1c(Br)nnn1C)C1CC1. The maximum atomic E-state index is 4.04. The van der Waals surface area contributed by atoms with E-state index < -0.39 is 0 Å². The molecule has 5 heteroatoms. The van der Waals surface area contributed by atoms with E-state index in [4.69, 9.17) is 0 Å². The van der Waals surface area contributed by atoms with E-state index in [0.717, 1.165) is 23.5 Å². The lowest BCUT2D eigenvalue weighted by Crippen LogP contribution is -2.26. The van der Waals surface area contributed by atoms with Crippen molar-refractivity contribution in [3.63, 3.8) is 0 Å². The van der Waals surface area contributed by atoms with E-state index in [2.05, 4.69) is 38.5 Å². The molecule has 4 nitrogen and oxygen atoms in total. The highest BCUT2D eigenvalue weighted by molar-refractivity contribution is 9.10. The van der Waals surface area contributed by atoms with Crippen LogP contribution in [0.4, 0.5) is 0 Å². The summed E-state index contributed by atoms with van der Waals surface area (Å²) in [5.41, 5.74) is 1.19. The van der Waals surface area contributed by atoms with Gasteiger partial charge in [0.25, 0.3) is 0 Å². The Morgan fingerprint density at radius 1 is 1.60 bits per heavy atom. The second-order valence-corrected chi connectivity index (χ2v) is 4.91. The lowest BCUT2D eigenvalue weighted by atomic mass is 10.1. The average Bonchev–Trinajstić information content (AvgIpc) is 2.99. The number of aromatic nitrogens is 3. The van der Waals surface area contributed by atoms with Gasteiger partial charge in [-0.05, 0) is 47.7 Å². The van der Waals surface area contributed by atoms with E-state index in [1.165, 1.54) is 18.5 Å². The Morgan fingerprint density at radius 2 is 2.33 bits per heavy atom. The van der Waals surface area contributed by atoms with Crippen LogP contribution < -0.4 is 5.32 Å². The fourth-order valence-electron chi connectivity index (χ4n) is 1.88. The van der Waals surface area contributed by atoms with E-state index in [1.807, 2.05) is 11.7 Å². The molecule has 1 aliphatic rings. The summed E-state index contributed by atoms with van der Waals surface area (Å²) in [6, 6.07) is 0.416. The lowest BCUT2D eigenvalue weighted by Gasteiger charge is -2.17. The Morgan fingerprint density at radius 3 is 2.80 bits per heavy atom. The molecule has 1 aromatic heterocycles. The molecular weight excluding hydrogens is 256 g/mol. The van der Waals surface area contributed by atoms with Gasteiger partial charge in [-0.1, -0.05) is 12.1 Å². The average molecular weight is 273 g/mol. The molecule has 1 saturated carbocycles. The maximum absolute atomic E-state index is 4.04. The number of hydrogen-bond acceptors (Lipinski definition) is 3. The van der Waals surface area contributed by atoms with Crippen molar-refractivity contribution >= 4 is 15.9 Å². The molecule has 1 N–H and O–H groups in total. The van der Waals surface area contributed by atoms with Gasteiger partial charge in [-0.2, -0.15) is 0 Å². The smallest absolute Gasteiger partial charge is 0.153 e. The Balaban J connectivity index is 2.16. The second kappa shape index (κ2) is 4.61. The van der Waals surface area contributed by atoms with Crippen molar-refractivity contribution in [3.05, 3.63) is 10.3 Å². The van der Waals surface area contributed by atoms with Crippen molar-refractivity contribution in [1.29, 1.82) is 0 Å². The summed E-state index contributed by atoms with van der Waals surface area (Å²) in [7, 11) is 1.95. The van der Waals surface area contributed by atoms with Crippen LogP contribution >= 0.6 is 15.9 Å². The van der Waals surface area contributed by atoms with Crippen molar-refractivity contribution in [2.24, 2.45) is 13.0 Å². The molecule has 0 aliphatic heterocycles.